The van der Waals surface area contributed by atoms with Crippen molar-refractivity contribution in [1.82, 2.24) is 19.5 Å². The molecule has 0 saturated carbocycles. The number of H-pyrrole nitrogens is 1. The molecule has 0 bridgehead atoms. The molecule has 0 aliphatic heterocycles. The number of thiophene rings is 1. The molecule has 7 heteroatoms. The van der Waals surface area contributed by atoms with Gasteiger partial charge in [-0.25, -0.2) is 9.36 Å². The molecular formula is C21H14N4O2S. The molecule has 0 atom stereocenters. The van der Waals surface area contributed by atoms with E-state index in [9.17, 15) is 9.59 Å². The maximum Gasteiger partial charge on any atom is 0.333 e. The molecule has 0 saturated heterocycles. The Balaban J connectivity index is 1.81. The largest absolute Gasteiger partial charge is 0.333 e. The quantitative estimate of drug-likeness (QED) is 0.502. The van der Waals surface area contributed by atoms with E-state index >= 15 is 0 Å². The summed E-state index contributed by atoms with van der Waals surface area (Å²) in [4.78, 5) is 38.3. The number of hydrogen-bond acceptors (Lipinski definition) is 5. The third-order valence-electron chi connectivity index (χ3n) is 4.73. The van der Waals surface area contributed by atoms with E-state index in [-0.39, 0.29) is 5.56 Å². The van der Waals surface area contributed by atoms with Crippen molar-refractivity contribution in [3.05, 3.63) is 87.6 Å². The molecule has 5 aromatic rings. The average Bonchev–Trinajstić information content (AvgIpc) is 3.12. The van der Waals surface area contributed by atoms with Crippen molar-refractivity contribution in [2.75, 3.05) is 0 Å². The second-order valence-corrected chi connectivity index (χ2v) is 7.49. The van der Waals surface area contributed by atoms with Crippen LogP contribution < -0.4 is 11.2 Å². The summed E-state index contributed by atoms with van der Waals surface area (Å²) in [6.45, 7) is 1.92. The zero-order chi connectivity index (χ0) is 19.3. The summed E-state index contributed by atoms with van der Waals surface area (Å²) in [7, 11) is 0. The van der Waals surface area contributed by atoms with Gasteiger partial charge in [-0.1, -0.05) is 30.3 Å². The SMILES string of the molecule is Cc1ncccc1-c1cc2[nH]c(=O)n(-c3cncc4ccccc34)c(=O)c2s1. The molecule has 0 amide bonds. The fourth-order valence-corrected chi connectivity index (χ4v) is 4.50. The third kappa shape index (κ3) is 2.48. The molecule has 0 fully saturated rings. The van der Waals surface area contributed by atoms with E-state index in [4.69, 9.17) is 0 Å². The summed E-state index contributed by atoms with van der Waals surface area (Å²) in [5.41, 5.74) is 1.98. The molecule has 4 aromatic heterocycles. The lowest BCUT2D eigenvalue weighted by Crippen LogP contribution is -2.33. The standard InChI is InChI=1S/C21H14N4O2S/c1-12-14(7-4-8-23-12)18-9-16-19(28-18)20(26)25(21(27)24-16)17-11-22-10-13-5-2-3-6-15(13)17/h2-11H,1H3,(H,24,27). The van der Waals surface area contributed by atoms with Crippen LogP contribution in [0.2, 0.25) is 0 Å². The zero-order valence-corrected chi connectivity index (χ0v) is 15.7. The van der Waals surface area contributed by atoms with Gasteiger partial charge in [-0.2, -0.15) is 0 Å². The van der Waals surface area contributed by atoms with Gasteiger partial charge in [-0.15, -0.1) is 11.3 Å². The maximum absolute atomic E-state index is 13.2. The van der Waals surface area contributed by atoms with E-state index in [2.05, 4.69) is 15.0 Å². The number of pyridine rings is 2. The van der Waals surface area contributed by atoms with Gasteiger partial charge in [0.1, 0.15) is 4.70 Å². The first-order valence-corrected chi connectivity index (χ1v) is 9.49. The summed E-state index contributed by atoms with van der Waals surface area (Å²) in [5.74, 6) is 0. The monoisotopic (exact) mass is 386 g/mol. The van der Waals surface area contributed by atoms with Crippen LogP contribution in [0.15, 0.2) is 70.6 Å². The lowest BCUT2D eigenvalue weighted by atomic mass is 10.1. The maximum atomic E-state index is 13.2. The van der Waals surface area contributed by atoms with Crippen LogP contribution in [0.25, 0.3) is 37.1 Å². The zero-order valence-electron chi connectivity index (χ0n) is 14.8. The van der Waals surface area contributed by atoms with Gasteiger partial charge in [-0.05, 0) is 19.1 Å². The van der Waals surface area contributed by atoms with Crippen LogP contribution in [0, 0.1) is 6.92 Å². The molecule has 1 N–H and O–H groups in total. The second-order valence-electron chi connectivity index (χ2n) is 6.44. The molecule has 136 valence electrons. The van der Waals surface area contributed by atoms with E-state index in [1.807, 2.05) is 49.4 Å². The Bertz CT molecular complexity index is 1470. The van der Waals surface area contributed by atoms with Gasteiger partial charge >= 0.3 is 5.69 Å². The Labute approximate surface area is 162 Å². The Morgan fingerprint density at radius 1 is 1.07 bits per heavy atom. The van der Waals surface area contributed by atoms with Crippen LogP contribution in [-0.4, -0.2) is 19.5 Å². The van der Waals surface area contributed by atoms with Gasteiger partial charge in [0.05, 0.1) is 17.4 Å². The smallest absolute Gasteiger partial charge is 0.306 e. The molecule has 0 radical (unpaired) electrons. The number of aromatic nitrogens is 4. The van der Waals surface area contributed by atoms with Gasteiger partial charge in [0.2, 0.25) is 0 Å². The van der Waals surface area contributed by atoms with Crippen LogP contribution in [0.5, 0.6) is 0 Å². The number of aromatic amines is 1. The van der Waals surface area contributed by atoms with Crippen LogP contribution in [0.4, 0.5) is 0 Å². The van der Waals surface area contributed by atoms with Crippen molar-refractivity contribution >= 4 is 32.3 Å². The van der Waals surface area contributed by atoms with Crippen molar-refractivity contribution in [2.45, 2.75) is 6.92 Å². The molecular weight excluding hydrogens is 372 g/mol. The van der Waals surface area contributed by atoms with E-state index in [0.29, 0.717) is 15.9 Å². The molecule has 6 nitrogen and oxygen atoms in total. The number of nitrogens with zero attached hydrogens (tertiary/aromatic N) is 3. The third-order valence-corrected chi connectivity index (χ3v) is 5.89. The highest BCUT2D eigenvalue weighted by Crippen LogP contribution is 2.32. The predicted molar refractivity (Wildman–Crippen MR) is 111 cm³/mol. The van der Waals surface area contributed by atoms with Crippen LogP contribution >= 0.6 is 11.3 Å². The molecule has 5 rings (SSSR count). The molecule has 4 heterocycles. The minimum absolute atomic E-state index is 0.352. The van der Waals surface area contributed by atoms with E-state index in [1.54, 1.807) is 18.6 Å². The lowest BCUT2D eigenvalue weighted by molar-refractivity contribution is 0.905. The summed E-state index contributed by atoms with van der Waals surface area (Å²) in [6.07, 6.45) is 4.99. The number of benzene rings is 1. The average molecular weight is 386 g/mol. The summed E-state index contributed by atoms with van der Waals surface area (Å²) < 4.78 is 1.65. The number of aryl methyl sites for hydroxylation is 1. The normalized spacial score (nSPS) is 11.3. The highest BCUT2D eigenvalue weighted by atomic mass is 32.1. The van der Waals surface area contributed by atoms with Gasteiger partial charge < -0.3 is 4.98 Å². The fourth-order valence-electron chi connectivity index (χ4n) is 3.38. The lowest BCUT2D eigenvalue weighted by Gasteiger charge is -2.07. The second kappa shape index (κ2) is 6.24. The summed E-state index contributed by atoms with van der Waals surface area (Å²) in [5, 5.41) is 1.66. The van der Waals surface area contributed by atoms with Crippen molar-refractivity contribution in [2.24, 2.45) is 0 Å². The molecule has 0 spiro atoms. The minimum Gasteiger partial charge on any atom is -0.306 e. The predicted octanol–water partition coefficient (Wildman–Crippen LogP) is 3.66. The Kier molecular flexibility index (Phi) is 3.70. The first-order chi connectivity index (χ1) is 13.6. The van der Waals surface area contributed by atoms with Crippen molar-refractivity contribution < 1.29 is 0 Å². The molecule has 0 aliphatic carbocycles. The number of rotatable bonds is 2. The van der Waals surface area contributed by atoms with Gasteiger partial charge in [0.25, 0.3) is 5.56 Å². The van der Waals surface area contributed by atoms with Crippen molar-refractivity contribution in [1.29, 1.82) is 0 Å². The van der Waals surface area contributed by atoms with E-state index < -0.39 is 5.69 Å². The summed E-state index contributed by atoms with van der Waals surface area (Å²) in [6, 6.07) is 13.2. The Morgan fingerprint density at radius 3 is 2.79 bits per heavy atom. The number of nitrogens with one attached hydrogen (secondary N) is 1. The van der Waals surface area contributed by atoms with Crippen LogP contribution in [0.3, 0.4) is 0 Å². The van der Waals surface area contributed by atoms with Gasteiger partial charge in [-0.3, -0.25) is 14.8 Å². The molecule has 1 aromatic carbocycles. The molecule has 0 aliphatic rings. The first-order valence-electron chi connectivity index (χ1n) is 8.67. The van der Waals surface area contributed by atoms with Crippen molar-refractivity contribution in [3.63, 3.8) is 0 Å². The van der Waals surface area contributed by atoms with E-state index in [0.717, 1.165) is 31.5 Å². The minimum atomic E-state index is -0.483. The highest BCUT2D eigenvalue weighted by Gasteiger charge is 2.16. The Hall–Kier alpha value is -3.58. The van der Waals surface area contributed by atoms with Gasteiger partial charge in [0.15, 0.2) is 0 Å². The molecule has 0 unspecified atom stereocenters. The fraction of sp³-hybridized carbons (Fsp3) is 0.0476. The van der Waals surface area contributed by atoms with Gasteiger partial charge in [0, 0.05) is 39.3 Å². The van der Waals surface area contributed by atoms with Crippen LogP contribution in [0.1, 0.15) is 5.69 Å². The van der Waals surface area contributed by atoms with E-state index in [1.165, 1.54) is 11.3 Å². The molecule has 28 heavy (non-hydrogen) atoms. The summed E-state index contributed by atoms with van der Waals surface area (Å²) >= 11 is 1.35. The highest BCUT2D eigenvalue weighted by molar-refractivity contribution is 7.22. The first kappa shape index (κ1) is 16.6. The number of hydrogen-bond donors (Lipinski definition) is 1. The Morgan fingerprint density at radius 2 is 1.93 bits per heavy atom. The topological polar surface area (TPSA) is 80.6 Å². The number of fused-ring (bicyclic) bond motifs is 2. The van der Waals surface area contributed by atoms with Crippen molar-refractivity contribution in [3.8, 4) is 16.1 Å². The van der Waals surface area contributed by atoms with Crippen LogP contribution in [-0.2, 0) is 0 Å².